The molecule has 0 unspecified atom stereocenters. The molecule has 0 aliphatic rings. The van der Waals surface area contributed by atoms with Gasteiger partial charge in [0.15, 0.2) is 0 Å². The van der Waals surface area contributed by atoms with Crippen LogP contribution < -0.4 is 16.4 Å². The lowest BCUT2D eigenvalue weighted by Gasteiger charge is -2.20. The van der Waals surface area contributed by atoms with E-state index in [0.29, 0.717) is 0 Å². The molecule has 0 saturated carbocycles. The van der Waals surface area contributed by atoms with E-state index in [1.165, 1.54) is 12.1 Å². The molecule has 0 amide bonds. The summed E-state index contributed by atoms with van der Waals surface area (Å²) in [6.07, 6.45) is 0. The molecule has 0 atom stereocenters. The highest BCUT2D eigenvalue weighted by molar-refractivity contribution is 9.10. The van der Waals surface area contributed by atoms with Crippen molar-refractivity contribution in [3.63, 3.8) is 0 Å². The molecule has 3 aromatic rings. The van der Waals surface area contributed by atoms with Gasteiger partial charge in [0.2, 0.25) is 0 Å². The van der Waals surface area contributed by atoms with Crippen molar-refractivity contribution in [2.45, 2.75) is 0 Å². The Labute approximate surface area is 149 Å². The predicted octanol–water partition coefficient (Wildman–Crippen LogP) is 3.66. The van der Waals surface area contributed by atoms with Gasteiger partial charge in [0.05, 0.1) is 0 Å². The maximum atomic E-state index is 14.5. The van der Waals surface area contributed by atoms with E-state index in [0.717, 1.165) is 42.5 Å². The van der Waals surface area contributed by atoms with Crippen molar-refractivity contribution in [2.75, 3.05) is 0 Å². The Morgan fingerprint density at radius 2 is 0.840 bits per heavy atom. The zero-order valence-electron chi connectivity index (χ0n) is 12.5. The largest absolute Gasteiger partial charge is 0.261 e. The van der Waals surface area contributed by atoms with Crippen molar-refractivity contribution < 1.29 is 22.0 Å². The highest BCUT2D eigenvalue weighted by atomic mass is 79.9. The third-order valence-corrected chi connectivity index (χ3v) is 4.56. The third-order valence-electron chi connectivity index (χ3n) is 3.87. The first kappa shape index (κ1) is 17.7. The Morgan fingerprint density at radius 3 is 1.20 bits per heavy atom. The molecule has 3 aromatic carbocycles. The van der Waals surface area contributed by atoms with Crippen molar-refractivity contribution in [1.82, 2.24) is 0 Å². The summed E-state index contributed by atoms with van der Waals surface area (Å²) in [6.45, 7) is -1.64. The fourth-order valence-corrected chi connectivity index (χ4v) is 3.36. The van der Waals surface area contributed by atoms with E-state index in [4.69, 9.17) is 0 Å². The minimum Gasteiger partial charge on any atom is -0.208 e. The van der Waals surface area contributed by atoms with Gasteiger partial charge in [0.1, 0.15) is 29.1 Å². The van der Waals surface area contributed by atoms with E-state index in [1.807, 2.05) is 0 Å². The summed E-state index contributed by atoms with van der Waals surface area (Å²) in [5.41, 5.74) is -1.51. The van der Waals surface area contributed by atoms with E-state index >= 15 is 0 Å². The molecule has 0 saturated heterocycles. The Morgan fingerprint density at radius 1 is 0.520 bits per heavy atom. The summed E-state index contributed by atoms with van der Waals surface area (Å²) in [5.74, 6) is -4.94. The van der Waals surface area contributed by atoms with Crippen molar-refractivity contribution in [3.8, 4) is 0 Å². The van der Waals surface area contributed by atoms with Crippen LogP contribution in [0.5, 0.6) is 0 Å². The molecule has 3 rings (SSSR count). The first-order chi connectivity index (χ1) is 11.9. The van der Waals surface area contributed by atoms with Crippen LogP contribution in [0.4, 0.5) is 22.0 Å². The Hall–Kier alpha value is -2.15. The summed E-state index contributed by atoms with van der Waals surface area (Å²) < 4.78 is 72.1. The molecule has 0 fully saturated rings. The quantitative estimate of drug-likeness (QED) is 0.456. The third kappa shape index (κ3) is 3.20. The van der Waals surface area contributed by atoms with Crippen LogP contribution in [-0.4, -0.2) is 6.71 Å². The maximum absolute atomic E-state index is 14.5. The smallest absolute Gasteiger partial charge is 0.208 e. The van der Waals surface area contributed by atoms with Crippen LogP contribution in [0.3, 0.4) is 0 Å². The first-order valence-electron chi connectivity index (χ1n) is 7.23. The summed E-state index contributed by atoms with van der Waals surface area (Å²) in [6, 6.07) is 9.94. The second-order valence-electron chi connectivity index (χ2n) is 5.34. The standard InChI is InChI=1S/C18H9BBrF5/c20-10-4-1-5-11(21)16(10)19(17-12(22)6-2-7-13(17)23)18-14(24)8-3-9-15(18)25/h1-9H. The molecule has 0 N–H and O–H groups in total. The number of benzene rings is 3. The van der Waals surface area contributed by atoms with Crippen molar-refractivity contribution in [1.29, 1.82) is 0 Å². The molecular weight excluding hydrogens is 402 g/mol. The van der Waals surface area contributed by atoms with E-state index in [1.54, 1.807) is 0 Å². The average molecular weight is 411 g/mol. The van der Waals surface area contributed by atoms with Gasteiger partial charge in [-0.1, -0.05) is 34.1 Å². The van der Waals surface area contributed by atoms with Gasteiger partial charge >= 0.3 is 0 Å². The van der Waals surface area contributed by atoms with Crippen molar-refractivity contribution in [3.05, 3.63) is 88.2 Å². The molecule has 0 radical (unpaired) electrons. The Balaban J connectivity index is 2.42. The minimum absolute atomic E-state index is 0.141. The van der Waals surface area contributed by atoms with Gasteiger partial charge in [-0.25, -0.2) is 22.0 Å². The first-order valence-corrected chi connectivity index (χ1v) is 8.02. The zero-order chi connectivity index (χ0) is 18.1. The molecule has 0 nitrogen and oxygen atoms in total. The lowest BCUT2D eigenvalue weighted by Crippen LogP contribution is -2.58. The molecule has 7 heteroatoms. The maximum Gasteiger partial charge on any atom is 0.261 e. The molecule has 25 heavy (non-hydrogen) atoms. The van der Waals surface area contributed by atoms with Gasteiger partial charge < -0.3 is 0 Å². The molecule has 0 aliphatic heterocycles. The van der Waals surface area contributed by atoms with Crippen LogP contribution in [0.1, 0.15) is 0 Å². The van der Waals surface area contributed by atoms with Gasteiger partial charge in [-0.05, 0) is 41.9 Å². The second kappa shape index (κ2) is 7.00. The van der Waals surface area contributed by atoms with Gasteiger partial charge in [-0.15, -0.1) is 0 Å². The number of hydrogen-bond acceptors (Lipinski definition) is 0. The monoisotopic (exact) mass is 410 g/mol. The summed E-state index contributed by atoms with van der Waals surface area (Å²) >= 11 is 3.11. The summed E-state index contributed by atoms with van der Waals surface area (Å²) in [4.78, 5) is 0. The van der Waals surface area contributed by atoms with Crippen LogP contribution >= 0.6 is 15.9 Å². The molecule has 0 aromatic heterocycles. The molecular formula is C18H9BBrF5. The average Bonchev–Trinajstić information content (AvgIpc) is 2.53. The van der Waals surface area contributed by atoms with Gasteiger partial charge in [-0.2, -0.15) is 0 Å². The topological polar surface area (TPSA) is 0 Å². The number of rotatable bonds is 3. The minimum atomic E-state index is -1.64. The molecule has 0 bridgehead atoms. The van der Waals surface area contributed by atoms with Crippen molar-refractivity contribution in [2.24, 2.45) is 0 Å². The molecule has 0 heterocycles. The number of hydrogen-bond donors (Lipinski definition) is 0. The zero-order valence-corrected chi connectivity index (χ0v) is 14.1. The highest BCUT2D eigenvalue weighted by Gasteiger charge is 2.35. The van der Waals surface area contributed by atoms with E-state index in [-0.39, 0.29) is 9.94 Å². The Kier molecular flexibility index (Phi) is 4.95. The van der Waals surface area contributed by atoms with Crippen LogP contribution in [0, 0.1) is 29.1 Å². The molecule has 0 spiro atoms. The van der Waals surface area contributed by atoms with Crippen LogP contribution in [0.2, 0.25) is 0 Å². The van der Waals surface area contributed by atoms with Crippen LogP contribution in [0.25, 0.3) is 0 Å². The summed E-state index contributed by atoms with van der Waals surface area (Å²) in [7, 11) is 0. The Bertz CT molecular complexity index is 762. The molecule has 126 valence electrons. The van der Waals surface area contributed by atoms with E-state index in [9.17, 15) is 22.0 Å². The van der Waals surface area contributed by atoms with Crippen LogP contribution in [0.15, 0.2) is 59.1 Å². The predicted molar refractivity (Wildman–Crippen MR) is 91.5 cm³/mol. The molecule has 0 aliphatic carbocycles. The second-order valence-corrected chi connectivity index (χ2v) is 6.19. The fraction of sp³-hybridized carbons (Fsp3) is 0. The normalized spacial score (nSPS) is 10.8. The SMILES string of the molecule is Fc1cccc(F)c1B(c1c(F)cccc1F)c1c(F)cccc1Br. The highest BCUT2D eigenvalue weighted by Crippen LogP contribution is 2.14. The van der Waals surface area contributed by atoms with E-state index in [2.05, 4.69) is 15.9 Å². The van der Waals surface area contributed by atoms with E-state index < -0.39 is 46.7 Å². The fourth-order valence-electron chi connectivity index (χ4n) is 2.79. The van der Waals surface area contributed by atoms with Gasteiger partial charge in [-0.3, -0.25) is 0 Å². The van der Waals surface area contributed by atoms with Gasteiger partial charge in [0, 0.05) is 15.4 Å². The van der Waals surface area contributed by atoms with Crippen molar-refractivity contribution >= 4 is 39.0 Å². The van der Waals surface area contributed by atoms with Gasteiger partial charge in [0.25, 0.3) is 6.71 Å². The lowest BCUT2D eigenvalue weighted by atomic mass is 9.36. The number of halogens is 6. The summed E-state index contributed by atoms with van der Waals surface area (Å²) in [5, 5.41) is 0. The lowest BCUT2D eigenvalue weighted by molar-refractivity contribution is 0.592. The van der Waals surface area contributed by atoms with Crippen LogP contribution in [-0.2, 0) is 0 Å².